The first-order valence-electron chi connectivity index (χ1n) is 8.13. The number of rotatable bonds is 3. The van der Waals surface area contributed by atoms with Gasteiger partial charge in [-0.2, -0.15) is 0 Å². The minimum absolute atomic E-state index is 0. The van der Waals surface area contributed by atoms with Crippen molar-refractivity contribution >= 4 is 12.4 Å². The van der Waals surface area contributed by atoms with Crippen molar-refractivity contribution in [1.29, 1.82) is 0 Å². The SMILES string of the molecule is Cl.c1cc(C2CNCCN2Cc2ccc3c(c2)OCCO3)ccn1. The highest BCUT2D eigenvalue weighted by atomic mass is 35.5. The molecule has 24 heavy (non-hydrogen) atoms. The van der Waals surface area contributed by atoms with Crippen LogP contribution in [0.5, 0.6) is 11.5 Å². The Bertz CT molecular complexity index is 669. The van der Waals surface area contributed by atoms with E-state index in [1.165, 1.54) is 11.1 Å². The van der Waals surface area contributed by atoms with Crippen molar-refractivity contribution in [2.75, 3.05) is 32.8 Å². The Morgan fingerprint density at radius 1 is 1.08 bits per heavy atom. The molecule has 3 heterocycles. The monoisotopic (exact) mass is 347 g/mol. The van der Waals surface area contributed by atoms with E-state index in [-0.39, 0.29) is 12.4 Å². The maximum atomic E-state index is 5.70. The molecule has 0 bridgehead atoms. The van der Waals surface area contributed by atoms with Crippen molar-refractivity contribution in [2.45, 2.75) is 12.6 Å². The fraction of sp³-hybridized carbons (Fsp3) is 0.389. The van der Waals surface area contributed by atoms with Crippen molar-refractivity contribution < 1.29 is 9.47 Å². The molecule has 1 fully saturated rings. The maximum Gasteiger partial charge on any atom is 0.161 e. The highest BCUT2D eigenvalue weighted by Gasteiger charge is 2.24. The molecule has 0 amide bonds. The summed E-state index contributed by atoms with van der Waals surface area (Å²) in [6.45, 7) is 5.19. The lowest BCUT2D eigenvalue weighted by Gasteiger charge is -2.36. The molecular formula is C18H22ClN3O2. The fourth-order valence-corrected chi connectivity index (χ4v) is 3.27. The lowest BCUT2D eigenvalue weighted by molar-refractivity contribution is 0.152. The summed E-state index contributed by atoms with van der Waals surface area (Å²) in [4.78, 5) is 6.64. The molecule has 2 aliphatic heterocycles. The molecule has 1 aromatic carbocycles. The Morgan fingerprint density at radius 2 is 1.88 bits per heavy atom. The number of benzene rings is 1. The predicted molar refractivity (Wildman–Crippen MR) is 94.9 cm³/mol. The highest BCUT2D eigenvalue weighted by Crippen LogP contribution is 2.32. The maximum absolute atomic E-state index is 5.70. The van der Waals surface area contributed by atoms with Crippen LogP contribution in [0.2, 0.25) is 0 Å². The standard InChI is InChI=1S/C18H21N3O2.ClH/c1-2-17-18(23-10-9-22-17)11-14(1)13-21-8-7-20-12-16(21)15-3-5-19-6-4-15;/h1-6,11,16,20H,7-10,12-13H2;1H. The minimum Gasteiger partial charge on any atom is -0.486 e. The Kier molecular flexibility index (Phi) is 5.56. The van der Waals surface area contributed by atoms with Crippen LogP contribution in [0.25, 0.3) is 0 Å². The lowest BCUT2D eigenvalue weighted by atomic mass is 10.0. The number of nitrogens with zero attached hydrogens (tertiary/aromatic N) is 2. The van der Waals surface area contributed by atoms with Crippen LogP contribution in [0.3, 0.4) is 0 Å². The summed E-state index contributed by atoms with van der Waals surface area (Å²) in [5, 5.41) is 3.49. The third-order valence-corrected chi connectivity index (χ3v) is 4.44. The van der Waals surface area contributed by atoms with Gasteiger partial charge in [0.2, 0.25) is 0 Å². The summed E-state index contributed by atoms with van der Waals surface area (Å²) in [6.07, 6.45) is 3.73. The zero-order valence-electron chi connectivity index (χ0n) is 13.5. The van der Waals surface area contributed by atoms with E-state index in [0.29, 0.717) is 19.3 Å². The van der Waals surface area contributed by atoms with Crippen LogP contribution in [0.1, 0.15) is 17.2 Å². The van der Waals surface area contributed by atoms with Crippen LogP contribution in [-0.2, 0) is 6.54 Å². The van der Waals surface area contributed by atoms with Crippen molar-refractivity contribution in [3.8, 4) is 11.5 Å². The Hall–Kier alpha value is -1.82. The van der Waals surface area contributed by atoms with E-state index in [0.717, 1.165) is 37.7 Å². The molecule has 0 saturated carbocycles. The molecule has 1 saturated heterocycles. The van der Waals surface area contributed by atoms with Crippen molar-refractivity contribution in [1.82, 2.24) is 15.2 Å². The fourth-order valence-electron chi connectivity index (χ4n) is 3.27. The molecule has 0 radical (unpaired) electrons. The number of piperazine rings is 1. The van der Waals surface area contributed by atoms with Gasteiger partial charge in [-0.15, -0.1) is 12.4 Å². The number of pyridine rings is 1. The average molecular weight is 348 g/mol. The largest absolute Gasteiger partial charge is 0.486 e. The zero-order chi connectivity index (χ0) is 15.5. The van der Waals surface area contributed by atoms with Crippen LogP contribution in [0, 0.1) is 0 Å². The first-order chi connectivity index (χ1) is 11.4. The number of hydrogen-bond acceptors (Lipinski definition) is 5. The second-order valence-electron chi connectivity index (χ2n) is 5.95. The smallest absolute Gasteiger partial charge is 0.161 e. The van der Waals surface area contributed by atoms with Gasteiger partial charge in [-0.05, 0) is 35.4 Å². The van der Waals surface area contributed by atoms with Gasteiger partial charge in [0.25, 0.3) is 0 Å². The van der Waals surface area contributed by atoms with Gasteiger partial charge in [0.15, 0.2) is 11.5 Å². The molecule has 6 heteroatoms. The van der Waals surface area contributed by atoms with Gasteiger partial charge in [0.1, 0.15) is 13.2 Å². The molecule has 1 aromatic heterocycles. The number of halogens is 1. The van der Waals surface area contributed by atoms with Crippen LogP contribution >= 0.6 is 12.4 Å². The Labute approximate surface area is 148 Å². The van der Waals surface area contributed by atoms with Gasteiger partial charge in [-0.3, -0.25) is 9.88 Å². The summed E-state index contributed by atoms with van der Waals surface area (Å²) >= 11 is 0. The van der Waals surface area contributed by atoms with Crippen molar-refractivity contribution in [3.63, 3.8) is 0 Å². The summed E-state index contributed by atoms with van der Waals surface area (Å²) in [6, 6.07) is 10.9. The minimum atomic E-state index is 0. The van der Waals surface area contributed by atoms with E-state index in [1.54, 1.807) is 0 Å². The molecule has 1 unspecified atom stereocenters. The zero-order valence-corrected chi connectivity index (χ0v) is 14.3. The van der Waals surface area contributed by atoms with Gasteiger partial charge >= 0.3 is 0 Å². The van der Waals surface area contributed by atoms with E-state index in [9.17, 15) is 0 Å². The third kappa shape index (κ3) is 3.64. The van der Waals surface area contributed by atoms with Crippen LogP contribution in [0.15, 0.2) is 42.7 Å². The normalized spacial score (nSPS) is 20.2. The molecule has 2 aromatic rings. The molecule has 128 valence electrons. The molecule has 4 rings (SSSR count). The first-order valence-corrected chi connectivity index (χ1v) is 8.13. The number of hydrogen-bond donors (Lipinski definition) is 1. The number of nitrogens with one attached hydrogen (secondary N) is 1. The number of ether oxygens (including phenoxy) is 2. The summed E-state index contributed by atoms with van der Waals surface area (Å²) < 4.78 is 11.3. The number of aromatic nitrogens is 1. The van der Waals surface area contributed by atoms with Crippen LogP contribution in [-0.4, -0.2) is 42.7 Å². The highest BCUT2D eigenvalue weighted by molar-refractivity contribution is 5.85. The van der Waals surface area contributed by atoms with Crippen LogP contribution in [0.4, 0.5) is 0 Å². The van der Waals surface area contributed by atoms with Crippen molar-refractivity contribution in [2.24, 2.45) is 0 Å². The molecule has 5 nitrogen and oxygen atoms in total. The average Bonchev–Trinajstić information content (AvgIpc) is 2.63. The topological polar surface area (TPSA) is 46.6 Å². The van der Waals surface area contributed by atoms with Gasteiger partial charge in [-0.25, -0.2) is 0 Å². The molecule has 1 N–H and O–H groups in total. The van der Waals surface area contributed by atoms with E-state index in [1.807, 2.05) is 18.5 Å². The first kappa shape index (κ1) is 17.0. The summed E-state index contributed by atoms with van der Waals surface area (Å²) in [5.41, 5.74) is 2.57. The van der Waals surface area contributed by atoms with Gasteiger partial charge in [0.05, 0.1) is 0 Å². The van der Waals surface area contributed by atoms with E-state index < -0.39 is 0 Å². The predicted octanol–water partition coefficient (Wildman–Crippen LogP) is 2.42. The number of fused-ring (bicyclic) bond motifs is 1. The van der Waals surface area contributed by atoms with Gasteiger partial charge < -0.3 is 14.8 Å². The summed E-state index contributed by atoms with van der Waals surface area (Å²) in [7, 11) is 0. The van der Waals surface area contributed by atoms with Gasteiger partial charge in [0, 0.05) is 44.6 Å². The van der Waals surface area contributed by atoms with E-state index in [4.69, 9.17) is 9.47 Å². The van der Waals surface area contributed by atoms with E-state index >= 15 is 0 Å². The van der Waals surface area contributed by atoms with Crippen molar-refractivity contribution in [3.05, 3.63) is 53.9 Å². The molecule has 0 aliphatic carbocycles. The second kappa shape index (κ2) is 7.83. The molecule has 2 aliphatic rings. The molecule has 0 spiro atoms. The Morgan fingerprint density at radius 3 is 2.71 bits per heavy atom. The third-order valence-electron chi connectivity index (χ3n) is 4.44. The van der Waals surface area contributed by atoms with E-state index in [2.05, 4.69) is 39.5 Å². The summed E-state index contributed by atoms with van der Waals surface area (Å²) in [5.74, 6) is 1.72. The lowest BCUT2D eigenvalue weighted by Crippen LogP contribution is -2.45. The van der Waals surface area contributed by atoms with Gasteiger partial charge in [-0.1, -0.05) is 6.07 Å². The second-order valence-corrected chi connectivity index (χ2v) is 5.95. The molecular weight excluding hydrogens is 326 g/mol. The van der Waals surface area contributed by atoms with Crippen LogP contribution < -0.4 is 14.8 Å². The Balaban J connectivity index is 0.00000169. The molecule has 1 atom stereocenters. The quantitative estimate of drug-likeness (QED) is 0.924.